The van der Waals surface area contributed by atoms with Crippen molar-refractivity contribution in [2.45, 2.75) is 19.4 Å². The summed E-state index contributed by atoms with van der Waals surface area (Å²) in [7, 11) is 0. The first-order valence-electron chi connectivity index (χ1n) is 11.1. The minimum Gasteiger partial charge on any atom is -0.367 e. The highest BCUT2D eigenvalue weighted by molar-refractivity contribution is 6.39. The van der Waals surface area contributed by atoms with Crippen LogP contribution in [0.2, 0.25) is 0 Å². The van der Waals surface area contributed by atoms with Crippen LogP contribution in [-0.2, 0) is 22.6 Å². The van der Waals surface area contributed by atoms with Crippen LogP contribution in [0.3, 0.4) is 0 Å². The lowest BCUT2D eigenvalue weighted by atomic mass is 9.97. The molecular weight excluding hydrogens is 433 g/mol. The molecule has 6 nitrogen and oxygen atoms in total. The van der Waals surface area contributed by atoms with Crippen molar-refractivity contribution in [2.24, 2.45) is 0 Å². The standard InChI is InChI=1S/C27H22FN3O3/c28-21-9-11-22(12-10-21)31-26(33)23(25(32)29-27(31)34)16-19-8-13-24-20(15-19)7-4-14-30(24)17-18-5-2-1-3-6-18/h1-3,5-6,8-13,15-16H,4,7,14,17H2,(H,29,32,34). The molecule has 2 heterocycles. The van der Waals surface area contributed by atoms with Crippen LogP contribution < -0.4 is 15.1 Å². The zero-order chi connectivity index (χ0) is 23.7. The van der Waals surface area contributed by atoms with Crippen LogP contribution in [-0.4, -0.2) is 24.4 Å². The summed E-state index contributed by atoms with van der Waals surface area (Å²) in [5.74, 6) is -1.99. The third-order valence-corrected chi connectivity index (χ3v) is 6.03. The average Bonchev–Trinajstić information content (AvgIpc) is 2.83. The van der Waals surface area contributed by atoms with E-state index in [1.165, 1.54) is 23.8 Å². The maximum Gasteiger partial charge on any atom is 0.335 e. The number of rotatable bonds is 4. The molecule has 1 fully saturated rings. The lowest BCUT2D eigenvalue weighted by Gasteiger charge is -2.32. The Morgan fingerprint density at radius 3 is 2.47 bits per heavy atom. The first-order valence-corrected chi connectivity index (χ1v) is 11.1. The van der Waals surface area contributed by atoms with Crippen LogP contribution in [0.5, 0.6) is 0 Å². The number of hydrogen-bond acceptors (Lipinski definition) is 4. The molecule has 0 aliphatic carbocycles. The van der Waals surface area contributed by atoms with Gasteiger partial charge in [0.25, 0.3) is 11.8 Å². The number of anilines is 2. The van der Waals surface area contributed by atoms with Gasteiger partial charge in [0.2, 0.25) is 0 Å². The molecule has 0 saturated carbocycles. The number of urea groups is 1. The van der Waals surface area contributed by atoms with E-state index < -0.39 is 23.7 Å². The van der Waals surface area contributed by atoms with Crippen molar-refractivity contribution in [3.05, 3.63) is 101 Å². The average molecular weight is 455 g/mol. The first-order chi connectivity index (χ1) is 16.5. The fourth-order valence-corrected chi connectivity index (χ4v) is 4.40. The number of halogens is 1. The van der Waals surface area contributed by atoms with E-state index in [9.17, 15) is 18.8 Å². The first kappa shape index (κ1) is 21.6. The highest BCUT2D eigenvalue weighted by atomic mass is 19.1. The van der Waals surface area contributed by atoms with Crippen molar-refractivity contribution in [1.29, 1.82) is 0 Å². The predicted molar refractivity (Wildman–Crippen MR) is 128 cm³/mol. The van der Waals surface area contributed by atoms with Crippen molar-refractivity contribution in [2.75, 3.05) is 16.3 Å². The van der Waals surface area contributed by atoms with Crippen LogP contribution in [0.15, 0.2) is 78.4 Å². The number of hydrogen-bond donors (Lipinski definition) is 1. The highest BCUT2D eigenvalue weighted by Gasteiger charge is 2.36. The van der Waals surface area contributed by atoms with Gasteiger partial charge >= 0.3 is 6.03 Å². The zero-order valence-corrected chi connectivity index (χ0v) is 18.3. The fraction of sp³-hybridized carbons (Fsp3) is 0.148. The van der Waals surface area contributed by atoms with Gasteiger partial charge in [-0.05, 0) is 72.0 Å². The van der Waals surface area contributed by atoms with E-state index in [0.29, 0.717) is 5.56 Å². The largest absolute Gasteiger partial charge is 0.367 e. The van der Waals surface area contributed by atoms with Gasteiger partial charge in [-0.3, -0.25) is 14.9 Å². The summed E-state index contributed by atoms with van der Waals surface area (Å²) in [6.45, 7) is 1.77. The molecule has 0 aromatic heterocycles. The summed E-state index contributed by atoms with van der Waals surface area (Å²) >= 11 is 0. The minimum absolute atomic E-state index is 0.152. The van der Waals surface area contributed by atoms with Gasteiger partial charge in [-0.25, -0.2) is 14.1 Å². The Kier molecular flexibility index (Phi) is 5.67. The lowest BCUT2D eigenvalue weighted by Crippen LogP contribution is -2.54. The Morgan fingerprint density at radius 1 is 0.941 bits per heavy atom. The molecule has 0 spiro atoms. The summed E-state index contributed by atoms with van der Waals surface area (Å²) in [5.41, 5.74) is 4.25. The van der Waals surface area contributed by atoms with E-state index in [1.54, 1.807) is 0 Å². The SMILES string of the molecule is O=C1NC(=O)N(c2ccc(F)cc2)C(=O)C1=Cc1ccc2c(c1)CCCN2Cc1ccccc1. The van der Waals surface area contributed by atoms with E-state index >= 15 is 0 Å². The molecule has 0 bridgehead atoms. The number of imide groups is 2. The van der Waals surface area contributed by atoms with Gasteiger partial charge in [0, 0.05) is 18.8 Å². The fourth-order valence-electron chi connectivity index (χ4n) is 4.40. The molecular formula is C27H22FN3O3. The summed E-state index contributed by atoms with van der Waals surface area (Å²) < 4.78 is 13.3. The molecule has 1 saturated heterocycles. The number of fused-ring (bicyclic) bond motifs is 1. The number of nitrogens with zero attached hydrogens (tertiary/aromatic N) is 2. The molecule has 0 radical (unpaired) electrons. The molecule has 2 aliphatic heterocycles. The van der Waals surface area contributed by atoms with Gasteiger partial charge in [-0.2, -0.15) is 0 Å². The Labute approximate surface area is 196 Å². The molecule has 1 N–H and O–H groups in total. The van der Waals surface area contributed by atoms with Crippen molar-refractivity contribution >= 4 is 35.3 Å². The van der Waals surface area contributed by atoms with Gasteiger partial charge in [0.15, 0.2) is 0 Å². The number of benzene rings is 3. The van der Waals surface area contributed by atoms with Gasteiger partial charge in [0.1, 0.15) is 11.4 Å². The second kappa shape index (κ2) is 8.94. The molecule has 5 rings (SSSR count). The predicted octanol–water partition coefficient (Wildman–Crippen LogP) is 4.44. The Hall–Kier alpha value is -4.26. The summed E-state index contributed by atoms with van der Waals surface area (Å²) in [5, 5.41) is 2.20. The number of nitrogens with one attached hydrogen (secondary N) is 1. The molecule has 170 valence electrons. The summed E-state index contributed by atoms with van der Waals surface area (Å²) in [6.07, 6.45) is 3.40. The van der Waals surface area contributed by atoms with Crippen molar-refractivity contribution in [3.8, 4) is 0 Å². The Morgan fingerprint density at radius 2 is 1.71 bits per heavy atom. The van der Waals surface area contributed by atoms with Crippen LogP contribution in [0, 0.1) is 5.82 Å². The molecule has 3 aromatic carbocycles. The van der Waals surface area contributed by atoms with Crippen LogP contribution >= 0.6 is 0 Å². The Balaban J connectivity index is 1.43. The van der Waals surface area contributed by atoms with Gasteiger partial charge in [-0.15, -0.1) is 0 Å². The van der Waals surface area contributed by atoms with Gasteiger partial charge < -0.3 is 4.90 Å². The number of barbiturate groups is 1. The zero-order valence-electron chi connectivity index (χ0n) is 18.3. The quantitative estimate of drug-likeness (QED) is 0.466. The second-order valence-corrected chi connectivity index (χ2v) is 8.33. The molecule has 4 amide bonds. The third-order valence-electron chi connectivity index (χ3n) is 6.03. The minimum atomic E-state index is -0.860. The Bertz CT molecular complexity index is 1300. The molecule has 2 aliphatic rings. The van der Waals surface area contributed by atoms with Crippen molar-refractivity contribution in [1.82, 2.24) is 5.32 Å². The third kappa shape index (κ3) is 4.20. The number of carbonyl (C=O) groups excluding carboxylic acids is 3. The van der Waals surface area contributed by atoms with Gasteiger partial charge in [-0.1, -0.05) is 36.4 Å². The smallest absolute Gasteiger partial charge is 0.335 e. The topological polar surface area (TPSA) is 69.7 Å². The number of aryl methyl sites for hydroxylation is 1. The maximum atomic E-state index is 13.3. The van der Waals surface area contributed by atoms with Crippen LogP contribution in [0.1, 0.15) is 23.1 Å². The van der Waals surface area contributed by atoms with Crippen LogP contribution in [0.25, 0.3) is 6.08 Å². The van der Waals surface area contributed by atoms with Gasteiger partial charge in [0.05, 0.1) is 5.69 Å². The van der Waals surface area contributed by atoms with E-state index in [0.717, 1.165) is 54.2 Å². The second-order valence-electron chi connectivity index (χ2n) is 8.33. The molecule has 7 heteroatoms. The van der Waals surface area contributed by atoms with E-state index in [2.05, 4.69) is 22.3 Å². The monoisotopic (exact) mass is 455 g/mol. The highest BCUT2D eigenvalue weighted by Crippen LogP contribution is 2.30. The summed E-state index contributed by atoms with van der Waals surface area (Å²) in [6, 6.07) is 20.2. The van der Waals surface area contributed by atoms with E-state index in [4.69, 9.17) is 0 Å². The maximum absolute atomic E-state index is 13.3. The molecule has 0 unspecified atom stereocenters. The van der Waals surface area contributed by atoms with E-state index in [-0.39, 0.29) is 11.3 Å². The van der Waals surface area contributed by atoms with Crippen LogP contribution in [0.4, 0.5) is 20.6 Å². The number of carbonyl (C=O) groups is 3. The lowest BCUT2D eigenvalue weighted by molar-refractivity contribution is -0.122. The molecule has 3 aromatic rings. The number of amides is 4. The van der Waals surface area contributed by atoms with Crippen molar-refractivity contribution in [3.63, 3.8) is 0 Å². The molecule has 0 atom stereocenters. The van der Waals surface area contributed by atoms with E-state index in [1.807, 2.05) is 36.4 Å². The molecule has 34 heavy (non-hydrogen) atoms. The van der Waals surface area contributed by atoms with Crippen molar-refractivity contribution < 1.29 is 18.8 Å². The summed E-state index contributed by atoms with van der Waals surface area (Å²) in [4.78, 5) is 41.0. The normalized spacial score (nSPS) is 17.1.